The number of rotatable bonds is 5. The fourth-order valence-electron chi connectivity index (χ4n) is 3.13. The number of hydrogen-bond acceptors (Lipinski definition) is 5. The SMILES string of the molecule is CC(O)CNC1CC(C)NC(NC(=O)NC2CCC(F)C(Cl)C2)N1. The Labute approximate surface area is 147 Å². The highest BCUT2D eigenvalue weighted by Gasteiger charge is 2.31. The molecule has 2 aliphatic rings. The van der Waals surface area contributed by atoms with Crippen LogP contribution < -0.4 is 26.6 Å². The summed E-state index contributed by atoms with van der Waals surface area (Å²) in [6, 6.07) is -0.212. The molecular weight excluding hydrogens is 337 g/mol. The Morgan fingerprint density at radius 2 is 2.08 bits per heavy atom. The smallest absolute Gasteiger partial charge is 0.317 e. The molecule has 9 heteroatoms. The Hall–Kier alpha value is -0.670. The fraction of sp³-hybridized carbons (Fsp3) is 0.933. The van der Waals surface area contributed by atoms with Crippen molar-refractivity contribution in [3.05, 3.63) is 0 Å². The van der Waals surface area contributed by atoms with Gasteiger partial charge < -0.3 is 15.7 Å². The second-order valence-electron chi connectivity index (χ2n) is 6.87. The summed E-state index contributed by atoms with van der Waals surface area (Å²) >= 11 is 5.94. The van der Waals surface area contributed by atoms with Crippen LogP contribution in [0.25, 0.3) is 0 Å². The van der Waals surface area contributed by atoms with E-state index in [4.69, 9.17) is 11.6 Å². The van der Waals surface area contributed by atoms with Crippen molar-refractivity contribution >= 4 is 17.6 Å². The van der Waals surface area contributed by atoms with Crippen LogP contribution in [-0.2, 0) is 0 Å². The number of carbonyl (C=O) groups is 1. The second kappa shape index (κ2) is 9.15. The summed E-state index contributed by atoms with van der Waals surface area (Å²) in [6.07, 6.45) is 0.439. The number of nitrogens with one attached hydrogen (secondary N) is 5. The average molecular weight is 366 g/mol. The molecule has 0 aromatic rings. The van der Waals surface area contributed by atoms with E-state index in [0.717, 1.165) is 6.42 Å². The van der Waals surface area contributed by atoms with Gasteiger partial charge in [-0.1, -0.05) is 0 Å². The third-order valence-electron chi connectivity index (χ3n) is 4.37. The summed E-state index contributed by atoms with van der Waals surface area (Å²) in [5.41, 5.74) is 0. The van der Waals surface area contributed by atoms with Gasteiger partial charge in [-0.05, 0) is 39.5 Å². The van der Waals surface area contributed by atoms with E-state index in [9.17, 15) is 14.3 Å². The molecule has 0 aromatic carbocycles. The van der Waals surface area contributed by atoms with Crippen molar-refractivity contribution in [1.29, 1.82) is 0 Å². The predicted molar refractivity (Wildman–Crippen MR) is 91.5 cm³/mol. The molecule has 7 unspecified atom stereocenters. The fourth-order valence-corrected chi connectivity index (χ4v) is 3.47. The monoisotopic (exact) mass is 365 g/mol. The van der Waals surface area contributed by atoms with Crippen LogP contribution in [0.1, 0.15) is 39.5 Å². The number of halogens is 2. The predicted octanol–water partition coefficient (Wildman–Crippen LogP) is 0.335. The van der Waals surface area contributed by atoms with E-state index < -0.39 is 17.7 Å². The number of alkyl halides is 2. The van der Waals surface area contributed by atoms with Gasteiger partial charge in [-0.25, -0.2) is 9.18 Å². The van der Waals surface area contributed by atoms with Crippen molar-refractivity contribution < 1.29 is 14.3 Å². The first-order valence-electron chi connectivity index (χ1n) is 8.62. The van der Waals surface area contributed by atoms with Crippen molar-refractivity contribution in [1.82, 2.24) is 26.6 Å². The summed E-state index contributed by atoms with van der Waals surface area (Å²) in [6.45, 7) is 4.23. The molecule has 0 spiro atoms. The number of aliphatic hydroxyl groups is 1. The van der Waals surface area contributed by atoms with Crippen LogP contribution in [0.2, 0.25) is 0 Å². The van der Waals surface area contributed by atoms with E-state index in [1.165, 1.54) is 0 Å². The lowest BCUT2D eigenvalue weighted by Gasteiger charge is -2.37. The van der Waals surface area contributed by atoms with E-state index in [1.807, 2.05) is 6.92 Å². The lowest BCUT2D eigenvalue weighted by atomic mass is 9.93. The Kier molecular flexibility index (Phi) is 7.49. The quantitative estimate of drug-likeness (QED) is 0.395. The van der Waals surface area contributed by atoms with Gasteiger partial charge >= 0.3 is 6.03 Å². The van der Waals surface area contributed by atoms with Gasteiger partial charge in [0.1, 0.15) is 12.5 Å². The maximum Gasteiger partial charge on any atom is 0.317 e. The Balaban J connectivity index is 1.75. The zero-order valence-corrected chi connectivity index (χ0v) is 14.9. The van der Waals surface area contributed by atoms with E-state index in [-0.39, 0.29) is 30.6 Å². The molecule has 6 N–H and O–H groups in total. The first-order valence-corrected chi connectivity index (χ1v) is 9.06. The van der Waals surface area contributed by atoms with Crippen molar-refractivity contribution in [3.63, 3.8) is 0 Å². The van der Waals surface area contributed by atoms with Gasteiger partial charge in [0.2, 0.25) is 0 Å². The molecule has 7 atom stereocenters. The van der Waals surface area contributed by atoms with E-state index >= 15 is 0 Å². The molecule has 2 rings (SSSR count). The van der Waals surface area contributed by atoms with E-state index in [0.29, 0.717) is 25.8 Å². The highest BCUT2D eigenvalue weighted by atomic mass is 35.5. The van der Waals surface area contributed by atoms with Gasteiger partial charge in [0.25, 0.3) is 0 Å². The zero-order valence-electron chi connectivity index (χ0n) is 14.2. The van der Waals surface area contributed by atoms with Crippen molar-refractivity contribution in [2.45, 2.75) is 81.7 Å². The van der Waals surface area contributed by atoms with Crippen LogP contribution in [0.4, 0.5) is 9.18 Å². The number of aliphatic hydroxyl groups excluding tert-OH is 1. The minimum absolute atomic E-state index is 0.00431. The van der Waals surface area contributed by atoms with Gasteiger partial charge in [-0.3, -0.25) is 16.0 Å². The normalized spacial score (nSPS) is 38.4. The van der Waals surface area contributed by atoms with Crippen LogP contribution in [0.3, 0.4) is 0 Å². The van der Waals surface area contributed by atoms with Gasteiger partial charge in [-0.15, -0.1) is 11.6 Å². The summed E-state index contributed by atoms with van der Waals surface area (Å²) in [7, 11) is 0. The number of hydrogen-bond donors (Lipinski definition) is 6. The maximum absolute atomic E-state index is 13.4. The van der Waals surface area contributed by atoms with Crippen molar-refractivity contribution in [2.75, 3.05) is 6.54 Å². The van der Waals surface area contributed by atoms with Gasteiger partial charge in [0, 0.05) is 18.6 Å². The number of urea groups is 1. The molecule has 1 aliphatic carbocycles. The molecule has 0 bridgehead atoms. The highest BCUT2D eigenvalue weighted by Crippen LogP contribution is 2.25. The Morgan fingerprint density at radius 1 is 1.33 bits per heavy atom. The number of amides is 2. The Bertz CT molecular complexity index is 417. The lowest BCUT2D eigenvalue weighted by molar-refractivity contribution is 0.153. The minimum atomic E-state index is -0.990. The first kappa shape index (κ1) is 19.7. The van der Waals surface area contributed by atoms with Crippen LogP contribution in [0.5, 0.6) is 0 Å². The summed E-state index contributed by atoms with van der Waals surface area (Å²) < 4.78 is 13.4. The largest absolute Gasteiger partial charge is 0.392 e. The van der Waals surface area contributed by atoms with Crippen LogP contribution in [0.15, 0.2) is 0 Å². The van der Waals surface area contributed by atoms with Crippen molar-refractivity contribution in [3.8, 4) is 0 Å². The van der Waals surface area contributed by atoms with E-state index in [2.05, 4.69) is 26.6 Å². The van der Waals surface area contributed by atoms with Gasteiger partial charge in [0.05, 0.1) is 17.6 Å². The van der Waals surface area contributed by atoms with Crippen LogP contribution >= 0.6 is 11.6 Å². The lowest BCUT2D eigenvalue weighted by Crippen LogP contribution is -2.68. The highest BCUT2D eigenvalue weighted by molar-refractivity contribution is 6.21. The van der Waals surface area contributed by atoms with Gasteiger partial charge in [-0.2, -0.15) is 0 Å². The molecule has 1 aliphatic heterocycles. The third kappa shape index (κ3) is 6.33. The van der Waals surface area contributed by atoms with E-state index in [1.54, 1.807) is 6.92 Å². The Morgan fingerprint density at radius 3 is 2.75 bits per heavy atom. The first-order chi connectivity index (χ1) is 11.3. The standard InChI is InChI=1S/C15H29ClFN5O2/c1-8-5-13(18-7-9(2)23)21-14(19-8)22-15(24)20-10-3-4-12(17)11(16)6-10/h8-14,18-19,21,23H,3-7H2,1-2H3,(H2,20,22,24). The molecule has 24 heavy (non-hydrogen) atoms. The molecule has 2 fully saturated rings. The molecule has 140 valence electrons. The maximum atomic E-state index is 13.4. The molecule has 1 heterocycles. The molecule has 1 saturated heterocycles. The summed E-state index contributed by atoms with van der Waals surface area (Å²) in [4.78, 5) is 12.1. The van der Waals surface area contributed by atoms with Crippen molar-refractivity contribution in [2.24, 2.45) is 0 Å². The molecule has 0 radical (unpaired) electrons. The minimum Gasteiger partial charge on any atom is -0.392 e. The topological polar surface area (TPSA) is 97.5 Å². The van der Waals surface area contributed by atoms with Crippen LogP contribution in [-0.4, -0.2) is 59.9 Å². The molecule has 0 aromatic heterocycles. The second-order valence-corrected chi connectivity index (χ2v) is 7.43. The summed E-state index contributed by atoms with van der Waals surface area (Å²) in [5, 5.41) is 24.2. The average Bonchev–Trinajstić information content (AvgIpc) is 2.48. The van der Waals surface area contributed by atoms with Crippen LogP contribution in [0, 0.1) is 0 Å². The number of carbonyl (C=O) groups excluding carboxylic acids is 1. The molecule has 1 saturated carbocycles. The van der Waals surface area contributed by atoms with Gasteiger partial charge in [0.15, 0.2) is 0 Å². The molecule has 2 amide bonds. The molecular formula is C15H29ClFN5O2. The zero-order chi connectivity index (χ0) is 17.7. The third-order valence-corrected chi connectivity index (χ3v) is 4.82. The molecule has 7 nitrogen and oxygen atoms in total. The summed E-state index contributed by atoms with van der Waals surface area (Å²) in [5.74, 6) is 0.